The molecule has 24 heavy (non-hydrogen) atoms. The molecule has 4 nitrogen and oxygen atoms in total. The van der Waals surface area contributed by atoms with E-state index in [-0.39, 0.29) is 6.10 Å². The summed E-state index contributed by atoms with van der Waals surface area (Å²) in [5.74, 6) is 0. The largest absolute Gasteiger partial charge is 0.444 e. The van der Waals surface area contributed by atoms with E-state index < -0.39 is 6.09 Å². The molecule has 2 aromatic rings. The third-order valence-corrected chi connectivity index (χ3v) is 3.75. The van der Waals surface area contributed by atoms with Crippen LogP contribution in [0.2, 0.25) is 5.02 Å². The van der Waals surface area contributed by atoms with E-state index >= 15 is 0 Å². The van der Waals surface area contributed by atoms with E-state index in [2.05, 4.69) is 5.32 Å². The lowest BCUT2D eigenvalue weighted by molar-refractivity contribution is 0.0118. The first-order valence-corrected chi connectivity index (χ1v) is 8.35. The van der Waals surface area contributed by atoms with Crippen molar-refractivity contribution in [1.82, 2.24) is 5.32 Å². The summed E-state index contributed by atoms with van der Waals surface area (Å²) < 4.78 is 11.0. The van der Waals surface area contributed by atoms with Crippen LogP contribution in [-0.4, -0.2) is 18.8 Å². The summed E-state index contributed by atoms with van der Waals surface area (Å²) in [7, 11) is 0. The predicted molar refractivity (Wildman–Crippen MR) is 94.9 cm³/mol. The Morgan fingerprint density at radius 3 is 2.46 bits per heavy atom. The fourth-order valence-electron chi connectivity index (χ4n) is 2.09. The number of nitrogens with one attached hydrogen (secondary N) is 1. The van der Waals surface area contributed by atoms with Crippen molar-refractivity contribution in [3.8, 4) is 0 Å². The number of carbonyl (C=O) groups excluding carboxylic acids is 1. The van der Waals surface area contributed by atoms with Crippen molar-refractivity contribution < 1.29 is 14.3 Å². The minimum atomic E-state index is -0.430. The lowest BCUT2D eigenvalue weighted by Crippen LogP contribution is -2.30. The van der Waals surface area contributed by atoms with Crippen molar-refractivity contribution in [3.05, 3.63) is 70.7 Å². The van der Waals surface area contributed by atoms with E-state index in [1.165, 1.54) is 0 Å². The molecule has 0 radical (unpaired) electrons. The average molecular weight is 348 g/mol. The maximum Gasteiger partial charge on any atom is 0.407 e. The molecule has 2 rings (SSSR count). The highest BCUT2D eigenvalue weighted by Gasteiger charge is 2.12. The van der Waals surface area contributed by atoms with Crippen LogP contribution < -0.4 is 5.32 Å². The number of carbonyl (C=O) groups is 1. The third-order valence-electron chi connectivity index (χ3n) is 3.49. The van der Waals surface area contributed by atoms with E-state index in [1.807, 2.05) is 61.5 Å². The van der Waals surface area contributed by atoms with E-state index in [1.54, 1.807) is 0 Å². The number of amides is 1. The Kier molecular flexibility index (Phi) is 7.59. The molecule has 1 atom stereocenters. The Labute approximate surface area is 147 Å². The van der Waals surface area contributed by atoms with Gasteiger partial charge in [-0.05, 0) is 29.7 Å². The van der Waals surface area contributed by atoms with Gasteiger partial charge >= 0.3 is 6.09 Å². The maximum atomic E-state index is 11.9. The molecule has 2 aromatic carbocycles. The first kappa shape index (κ1) is 18.3. The van der Waals surface area contributed by atoms with Crippen LogP contribution >= 0.6 is 11.6 Å². The van der Waals surface area contributed by atoms with Crippen molar-refractivity contribution in [3.63, 3.8) is 0 Å². The van der Waals surface area contributed by atoms with Gasteiger partial charge in [-0.1, -0.05) is 61.0 Å². The van der Waals surface area contributed by atoms with Crippen molar-refractivity contribution in [1.29, 1.82) is 0 Å². The zero-order valence-corrected chi connectivity index (χ0v) is 14.5. The van der Waals surface area contributed by atoms with E-state index in [0.717, 1.165) is 11.1 Å². The van der Waals surface area contributed by atoms with Gasteiger partial charge in [-0.15, -0.1) is 0 Å². The molecule has 0 aliphatic rings. The second-order valence-electron chi connectivity index (χ2n) is 5.42. The molecule has 5 heteroatoms. The zero-order chi connectivity index (χ0) is 17.2. The highest BCUT2D eigenvalue weighted by atomic mass is 35.5. The molecule has 1 unspecified atom stereocenters. The third kappa shape index (κ3) is 6.60. The first-order valence-electron chi connectivity index (χ1n) is 7.98. The van der Waals surface area contributed by atoms with Crippen LogP contribution in [0, 0.1) is 0 Å². The monoisotopic (exact) mass is 347 g/mol. The van der Waals surface area contributed by atoms with Gasteiger partial charge in [-0.25, -0.2) is 4.79 Å². The molecule has 0 aliphatic carbocycles. The molecule has 0 aromatic heterocycles. The van der Waals surface area contributed by atoms with Crippen LogP contribution in [-0.2, 0) is 22.6 Å². The fourth-order valence-corrected chi connectivity index (χ4v) is 2.21. The second kappa shape index (κ2) is 9.96. The van der Waals surface area contributed by atoms with E-state index in [9.17, 15) is 4.79 Å². The summed E-state index contributed by atoms with van der Waals surface area (Å²) in [5.41, 5.74) is 2.06. The molecule has 1 amide bonds. The maximum absolute atomic E-state index is 11.9. The summed E-state index contributed by atoms with van der Waals surface area (Å²) in [4.78, 5) is 11.9. The molecule has 0 fully saturated rings. The minimum absolute atomic E-state index is 0.270. The topological polar surface area (TPSA) is 47.6 Å². The van der Waals surface area contributed by atoms with Gasteiger partial charge in [0.05, 0.1) is 13.2 Å². The number of hydrogen-bond acceptors (Lipinski definition) is 3. The number of hydrogen-bond donors (Lipinski definition) is 1. The lowest BCUT2D eigenvalue weighted by atomic mass is 10.2. The van der Waals surface area contributed by atoms with Gasteiger partial charge in [0.1, 0.15) is 6.10 Å². The van der Waals surface area contributed by atoms with Crippen molar-refractivity contribution >= 4 is 17.7 Å². The number of halogens is 1. The quantitative estimate of drug-likeness (QED) is 0.761. The number of benzene rings is 2. The van der Waals surface area contributed by atoms with Gasteiger partial charge < -0.3 is 14.8 Å². The Bertz CT molecular complexity index is 616. The summed E-state index contributed by atoms with van der Waals surface area (Å²) in [6, 6.07) is 17.2. The standard InChI is InChI=1S/C19H22ClNO3/c1-2-18(14-23-13-16-8-10-17(20)11-9-16)24-19(22)21-12-15-6-4-3-5-7-15/h3-11,18H,2,12-14H2,1H3,(H,21,22). The lowest BCUT2D eigenvalue weighted by Gasteiger charge is -2.17. The molecule has 0 saturated heterocycles. The highest BCUT2D eigenvalue weighted by molar-refractivity contribution is 6.30. The molecular formula is C19H22ClNO3. The molecule has 1 N–H and O–H groups in total. The Hall–Kier alpha value is -2.04. The molecule has 0 aliphatic heterocycles. The summed E-state index contributed by atoms with van der Waals surface area (Å²) >= 11 is 5.84. The van der Waals surface area contributed by atoms with Crippen molar-refractivity contribution in [2.45, 2.75) is 32.6 Å². The van der Waals surface area contributed by atoms with Crippen LogP contribution in [0.4, 0.5) is 4.79 Å². The summed E-state index contributed by atoms with van der Waals surface area (Å²) in [6.45, 7) is 3.23. The van der Waals surface area contributed by atoms with Crippen LogP contribution in [0.15, 0.2) is 54.6 Å². The van der Waals surface area contributed by atoms with Crippen LogP contribution in [0.1, 0.15) is 24.5 Å². The molecule has 128 valence electrons. The molecular weight excluding hydrogens is 326 g/mol. The average Bonchev–Trinajstić information content (AvgIpc) is 2.61. The van der Waals surface area contributed by atoms with E-state index in [4.69, 9.17) is 21.1 Å². The van der Waals surface area contributed by atoms with Crippen molar-refractivity contribution in [2.75, 3.05) is 6.61 Å². The number of rotatable bonds is 8. The normalized spacial score (nSPS) is 11.8. The Balaban J connectivity index is 1.69. The summed E-state index contributed by atoms with van der Waals surface area (Å²) in [5, 5.41) is 3.44. The van der Waals surface area contributed by atoms with Gasteiger partial charge in [0.25, 0.3) is 0 Å². The smallest absolute Gasteiger partial charge is 0.407 e. The Morgan fingerprint density at radius 1 is 1.08 bits per heavy atom. The highest BCUT2D eigenvalue weighted by Crippen LogP contribution is 2.11. The first-order chi connectivity index (χ1) is 11.7. The second-order valence-corrected chi connectivity index (χ2v) is 5.85. The molecule has 0 heterocycles. The fraction of sp³-hybridized carbons (Fsp3) is 0.316. The van der Waals surface area contributed by atoms with Gasteiger partial charge in [0, 0.05) is 11.6 Å². The van der Waals surface area contributed by atoms with Crippen LogP contribution in [0.25, 0.3) is 0 Å². The number of alkyl carbamates (subject to hydrolysis) is 1. The van der Waals surface area contributed by atoms with Gasteiger partial charge in [-0.2, -0.15) is 0 Å². The summed E-state index contributed by atoms with van der Waals surface area (Å²) in [6.07, 6.45) is -0.00630. The number of ether oxygens (including phenoxy) is 2. The van der Waals surface area contributed by atoms with Gasteiger partial charge in [0.2, 0.25) is 0 Å². The zero-order valence-electron chi connectivity index (χ0n) is 13.7. The van der Waals surface area contributed by atoms with Gasteiger partial charge in [-0.3, -0.25) is 0 Å². The van der Waals surface area contributed by atoms with Crippen LogP contribution in [0.3, 0.4) is 0 Å². The van der Waals surface area contributed by atoms with Crippen molar-refractivity contribution in [2.24, 2.45) is 0 Å². The minimum Gasteiger partial charge on any atom is -0.444 e. The molecule has 0 spiro atoms. The van der Waals surface area contributed by atoms with Gasteiger partial charge in [0.15, 0.2) is 0 Å². The Morgan fingerprint density at radius 2 is 1.79 bits per heavy atom. The van der Waals surface area contributed by atoms with Crippen LogP contribution in [0.5, 0.6) is 0 Å². The van der Waals surface area contributed by atoms with E-state index in [0.29, 0.717) is 31.2 Å². The molecule has 0 saturated carbocycles. The predicted octanol–water partition coefficient (Wildman–Crippen LogP) is 4.56. The SMILES string of the molecule is CCC(COCc1ccc(Cl)cc1)OC(=O)NCc1ccccc1. The molecule has 0 bridgehead atoms.